The van der Waals surface area contributed by atoms with E-state index in [9.17, 15) is 27.6 Å². The SMILES string of the molecule is CCOP(=O)(Cc1ccc(Nc2ncc(C(F)(F)F)c(Nc3ccc([C@H]4CC[C@H](O)CC4)c4c3C(=O)N(C)C4)n2)c(OC)c1)OCC.Cl. The zero-order valence-electron chi connectivity index (χ0n) is 27.1. The second-order valence-corrected chi connectivity index (χ2v) is 13.6. The van der Waals surface area contributed by atoms with Crippen molar-refractivity contribution < 1.29 is 41.4 Å². The van der Waals surface area contributed by atoms with E-state index in [1.54, 1.807) is 45.2 Å². The Balaban J connectivity index is 0.00000520. The van der Waals surface area contributed by atoms with Crippen LogP contribution in [0.5, 0.6) is 5.75 Å². The number of aliphatic hydroxyl groups is 1. The van der Waals surface area contributed by atoms with Crippen molar-refractivity contribution in [1.82, 2.24) is 14.9 Å². The molecule has 1 aliphatic carbocycles. The van der Waals surface area contributed by atoms with Crippen LogP contribution in [0.15, 0.2) is 36.5 Å². The van der Waals surface area contributed by atoms with Crippen LogP contribution in [0.25, 0.3) is 0 Å². The van der Waals surface area contributed by atoms with Gasteiger partial charge in [0.05, 0.1) is 49.5 Å². The van der Waals surface area contributed by atoms with E-state index in [1.807, 2.05) is 6.07 Å². The number of ether oxygens (including phenoxy) is 1. The monoisotopic (exact) mass is 713 g/mol. The molecule has 0 bridgehead atoms. The minimum absolute atomic E-state index is 0. The number of anilines is 4. The number of rotatable bonds is 12. The maximum Gasteiger partial charge on any atom is 0.421 e. The molecule has 2 heterocycles. The van der Waals surface area contributed by atoms with Gasteiger partial charge in [0.25, 0.3) is 5.91 Å². The van der Waals surface area contributed by atoms with Gasteiger partial charge >= 0.3 is 13.8 Å². The number of nitrogens with one attached hydrogen (secondary N) is 2. The fraction of sp³-hybridized carbons (Fsp3) is 0.469. The number of carbonyl (C=O) groups is 1. The number of aliphatic hydroxyl groups excluding tert-OH is 1. The van der Waals surface area contributed by atoms with E-state index in [1.165, 1.54) is 12.0 Å². The average Bonchev–Trinajstić information content (AvgIpc) is 3.32. The van der Waals surface area contributed by atoms with Crippen LogP contribution in [-0.2, 0) is 32.5 Å². The summed E-state index contributed by atoms with van der Waals surface area (Å²) in [6.07, 6.45) is -1.62. The van der Waals surface area contributed by atoms with Gasteiger partial charge in [0.1, 0.15) is 17.1 Å². The molecule has 2 aliphatic rings. The molecule has 262 valence electrons. The highest BCUT2D eigenvalue weighted by Gasteiger charge is 2.37. The zero-order chi connectivity index (χ0) is 33.9. The molecular formula is C32H40ClF3N5O6P. The quantitative estimate of drug-likeness (QED) is 0.160. The standard InChI is InChI=1S/C32H39F3N5O6P.ClH/c1-5-45-47(43,46-6-2)18-19-7-13-25(27(15-19)44-4)38-31-36-16-24(32(33,34)35)29(39-31)37-26-14-12-22(20-8-10-21(41)11-9-20)23-17-40(3)30(42)28(23)26;/h7,12-16,20-21,41H,5-6,8-11,17-18H2,1-4H3,(H2,36,37,38,39);1H/t20-,21-;. The molecule has 1 aromatic heterocycles. The molecular weight excluding hydrogens is 674 g/mol. The lowest BCUT2D eigenvalue weighted by Gasteiger charge is -2.27. The summed E-state index contributed by atoms with van der Waals surface area (Å²) >= 11 is 0. The van der Waals surface area contributed by atoms with Gasteiger partial charge in [-0.25, -0.2) is 4.98 Å². The number of hydrogen-bond acceptors (Lipinski definition) is 10. The molecule has 3 N–H and O–H groups in total. The number of carbonyl (C=O) groups excluding carboxylic acids is 1. The van der Waals surface area contributed by atoms with Crippen molar-refractivity contribution in [3.05, 3.63) is 64.3 Å². The van der Waals surface area contributed by atoms with Crippen LogP contribution in [0, 0.1) is 0 Å². The van der Waals surface area contributed by atoms with E-state index >= 15 is 0 Å². The van der Waals surface area contributed by atoms with E-state index in [-0.39, 0.29) is 61.3 Å². The molecule has 5 rings (SSSR count). The van der Waals surface area contributed by atoms with Crippen LogP contribution in [-0.4, -0.2) is 59.4 Å². The Kier molecular flexibility index (Phi) is 12.0. The number of methoxy groups -OCH3 is 1. The molecule has 11 nitrogen and oxygen atoms in total. The summed E-state index contributed by atoms with van der Waals surface area (Å²) < 4.78 is 71.8. The summed E-state index contributed by atoms with van der Waals surface area (Å²) in [6, 6.07) is 8.37. The number of nitrogens with zero attached hydrogens (tertiary/aromatic N) is 3. The van der Waals surface area contributed by atoms with Gasteiger partial charge in [-0.1, -0.05) is 12.1 Å². The molecule has 0 spiro atoms. The Labute approximate surface area is 283 Å². The van der Waals surface area contributed by atoms with Crippen LogP contribution in [0.1, 0.15) is 78.1 Å². The summed E-state index contributed by atoms with van der Waals surface area (Å²) in [5.41, 5.74) is 2.11. The van der Waals surface area contributed by atoms with Crippen molar-refractivity contribution in [3.63, 3.8) is 0 Å². The van der Waals surface area contributed by atoms with Crippen molar-refractivity contribution in [3.8, 4) is 5.75 Å². The second kappa shape index (κ2) is 15.4. The van der Waals surface area contributed by atoms with Gasteiger partial charge in [-0.2, -0.15) is 18.2 Å². The Morgan fingerprint density at radius 1 is 1.04 bits per heavy atom. The lowest BCUT2D eigenvalue weighted by Crippen LogP contribution is -2.18. The number of halogens is 4. The van der Waals surface area contributed by atoms with E-state index < -0.39 is 25.2 Å². The van der Waals surface area contributed by atoms with Crippen LogP contribution in [0.4, 0.5) is 36.3 Å². The highest BCUT2D eigenvalue weighted by atomic mass is 35.5. The van der Waals surface area contributed by atoms with Crippen molar-refractivity contribution in [2.45, 2.75) is 70.4 Å². The lowest BCUT2D eigenvalue weighted by molar-refractivity contribution is -0.137. The second-order valence-electron chi connectivity index (χ2n) is 11.6. The summed E-state index contributed by atoms with van der Waals surface area (Å²) in [4.78, 5) is 22.9. The highest BCUT2D eigenvalue weighted by molar-refractivity contribution is 7.53. The van der Waals surface area contributed by atoms with Crippen LogP contribution in [0.3, 0.4) is 0 Å². The predicted octanol–water partition coefficient (Wildman–Crippen LogP) is 7.78. The largest absolute Gasteiger partial charge is 0.495 e. The van der Waals surface area contributed by atoms with Crippen LogP contribution in [0.2, 0.25) is 0 Å². The van der Waals surface area contributed by atoms with Gasteiger partial charge < -0.3 is 34.4 Å². The van der Waals surface area contributed by atoms with Gasteiger partial charge in [0.2, 0.25) is 5.95 Å². The van der Waals surface area contributed by atoms with E-state index in [2.05, 4.69) is 20.6 Å². The topological polar surface area (TPSA) is 135 Å². The molecule has 1 fully saturated rings. The van der Waals surface area contributed by atoms with Gasteiger partial charge in [0, 0.05) is 19.8 Å². The van der Waals surface area contributed by atoms with Gasteiger partial charge in [-0.3, -0.25) is 9.36 Å². The third-order valence-electron chi connectivity index (χ3n) is 8.33. The Morgan fingerprint density at radius 2 is 1.71 bits per heavy atom. The number of fused-ring (bicyclic) bond motifs is 1. The first-order valence-electron chi connectivity index (χ1n) is 15.5. The molecule has 1 amide bonds. The molecule has 1 aliphatic heterocycles. The van der Waals surface area contributed by atoms with E-state index in [0.29, 0.717) is 48.1 Å². The van der Waals surface area contributed by atoms with Crippen molar-refractivity contribution in [2.24, 2.45) is 0 Å². The number of alkyl halides is 3. The van der Waals surface area contributed by atoms with Crippen LogP contribution >= 0.6 is 20.0 Å². The molecule has 16 heteroatoms. The maximum atomic E-state index is 14.2. The highest BCUT2D eigenvalue weighted by Crippen LogP contribution is 2.52. The van der Waals surface area contributed by atoms with Crippen molar-refractivity contribution in [1.29, 1.82) is 0 Å². The Bertz CT molecular complexity index is 1660. The van der Waals surface area contributed by atoms with Crippen molar-refractivity contribution in [2.75, 3.05) is 38.0 Å². The molecule has 0 radical (unpaired) electrons. The molecule has 1 saturated carbocycles. The first-order chi connectivity index (χ1) is 22.4. The molecule has 3 aromatic rings. The third-order valence-corrected chi connectivity index (χ3v) is 10.4. The first kappa shape index (κ1) is 37.4. The van der Waals surface area contributed by atoms with Crippen LogP contribution < -0.4 is 15.4 Å². The minimum atomic E-state index is -4.79. The third kappa shape index (κ3) is 8.23. The van der Waals surface area contributed by atoms with E-state index in [0.717, 1.165) is 24.0 Å². The predicted molar refractivity (Wildman–Crippen MR) is 178 cm³/mol. The summed E-state index contributed by atoms with van der Waals surface area (Å²) in [6.45, 7) is 4.18. The number of amides is 1. The summed E-state index contributed by atoms with van der Waals surface area (Å²) in [7, 11) is -0.323. The van der Waals surface area contributed by atoms with Gasteiger partial charge in [0.15, 0.2) is 0 Å². The number of hydrogen-bond donors (Lipinski definition) is 3. The maximum absolute atomic E-state index is 14.2. The molecule has 0 saturated heterocycles. The van der Waals surface area contributed by atoms with Gasteiger partial charge in [-0.05, 0) is 80.3 Å². The smallest absolute Gasteiger partial charge is 0.421 e. The normalized spacial score (nSPS) is 17.9. The molecule has 2 aromatic carbocycles. The average molecular weight is 714 g/mol. The Hall–Kier alpha value is -3.42. The number of aromatic nitrogens is 2. The van der Waals surface area contributed by atoms with Crippen molar-refractivity contribution >= 4 is 49.1 Å². The van der Waals surface area contributed by atoms with E-state index in [4.69, 9.17) is 13.8 Å². The molecule has 0 atom stereocenters. The number of benzene rings is 2. The summed E-state index contributed by atoms with van der Waals surface area (Å²) in [5.74, 6) is -0.536. The molecule has 0 unspecified atom stereocenters. The molecule has 48 heavy (non-hydrogen) atoms. The zero-order valence-corrected chi connectivity index (χ0v) is 28.8. The lowest BCUT2D eigenvalue weighted by atomic mass is 9.80. The Morgan fingerprint density at radius 3 is 2.33 bits per heavy atom. The summed E-state index contributed by atoms with van der Waals surface area (Å²) in [5, 5.41) is 15.7. The fourth-order valence-electron chi connectivity index (χ4n) is 6.13. The fourth-order valence-corrected chi connectivity index (χ4v) is 7.82. The van der Waals surface area contributed by atoms with Gasteiger partial charge in [-0.15, -0.1) is 12.4 Å². The minimum Gasteiger partial charge on any atom is -0.495 e. The first-order valence-corrected chi connectivity index (χ1v) is 17.2.